The summed E-state index contributed by atoms with van der Waals surface area (Å²) in [5.74, 6) is 0.0801. The van der Waals surface area contributed by atoms with Gasteiger partial charge in [-0.1, -0.05) is 0 Å². The van der Waals surface area contributed by atoms with Gasteiger partial charge < -0.3 is 0 Å². The number of hydrogen-bond donors (Lipinski definition) is 0. The van der Waals surface area contributed by atoms with Crippen molar-refractivity contribution in [2.24, 2.45) is 0 Å². The van der Waals surface area contributed by atoms with Crippen LogP contribution in [0.15, 0.2) is 0 Å². The summed E-state index contributed by atoms with van der Waals surface area (Å²) in [6.07, 6.45) is 0. The molecule has 0 radical (unpaired) electrons. The summed E-state index contributed by atoms with van der Waals surface area (Å²) in [6, 6.07) is 0. The maximum atomic E-state index is 10.7. The molecular formula is C2H4ClO6PS. The number of halogens is 1. The Labute approximate surface area is 68.3 Å². The van der Waals surface area contributed by atoms with Crippen LogP contribution in [0.1, 0.15) is 0 Å². The van der Waals surface area contributed by atoms with Crippen LogP contribution in [0.5, 0.6) is 0 Å². The molecule has 1 rings (SSSR count). The van der Waals surface area contributed by atoms with Crippen LogP contribution >= 0.6 is 19.4 Å². The van der Waals surface area contributed by atoms with Crippen molar-refractivity contribution in [2.75, 3.05) is 12.5 Å². The molecule has 0 N–H and O–H groups in total. The summed E-state index contributed by atoms with van der Waals surface area (Å²) in [4.78, 5) is 0. The molecule has 1 fully saturated rings. The Bertz CT molecular complexity index is 267. The lowest BCUT2D eigenvalue weighted by Crippen LogP contribution is -2.20. The fraction of sp³-hybridized carbons (Fsp3) is 1.00. The maximum Gasteiger partial charge on any atom is 0.507 e. The van der Waals surface area contributed by atoms with Gasteiger partial charge in [0.15, 0.2) is 0 Å². The Kier molecular flexibility index (Phi) is 2.58. The van der Waals surface area contributed by atoms with Crippen LogP contribution < -0.4 is 0 Å². The fourth-order valence-corrected chi connectivity index (χ4v) is 3.10. The van der Waals surface area contributed by atoms with E-state index < -0.39 is 18.2 Å². The van der Waals surface area contributed by atoms with Gasteiger partial charge in [-0.25, -0.2) is 4.57 Å². The van der Waals surface area contributed by atoms with E-state index in [1.807, 2.05) is 0 Å². The molecule has 0 aromatic carbocycles. The lowest BCUT2D eigenvalue weighted by atomic mass is 10.9. The Morgan fingerprint density at radius 2 is 2.00 bits per heavy atom. The van der Waals surface area contributed by atoms with E-state index in [0.717, 1.165) is 0 Å². The number of hydrogen-bond acceptors (Lipinski definition) is 6. The maximum absolute atomic E-state index is 10.7. The standard InChI is InChI=1S/C2H4ClO6PS/c3-1-2-7-10(4)8-11(5,6)9-10/h1-2H2. The van der Waals surface area contributed by atoms with Crippen LogP contribution in [-0.4, -0.2) is 20.9 Å². The van der Waals surface area contributed by atoms with Crippen molar-refractivity contribution in [2.45, 2.75) is 0 Å². The molecule has 9 heteroatoms. The normalized spacial score (nSPS) is 25.9. The van der Waals surface area contributed by atoms with Crippen LogP contribution in [0.3, 0.4) is 0 Å². The van der Waals surface area contributed by atoms with E-state index in [4.69, 9.17) is 11.6 Å². The highest BCUT2D eigenvalue weighted by Crippen LogP contribution is 2.61. The molecule has 6 nitrogen and oxygen atoms in total. The minimum Gasteiger partial charge on any atom is -0.284 e. The molecule has 1 heterocycles. The molecule has 11 heavy (non-hydrogen) atoms. The van der Waals surface area contributed by atoms with Gasteiger partial charge in [-0.2, -0.15) is 8.42 Å². The van der Waals surface area contributed by atoms with Gasteiger partial charge in [-0.3, -0.25) is 4.52 Å². The Morgan fingerprint density at radius 3 is 2.36 bits per heavy atom. The predicted octanol–water partition coefficient (Wildman–Crippen LogP) is 0.641. The zero-order chi connectivity index (χ0) is 8.54. The minimum atomic E-state index is -4.05. The van der Waals surface area contributed by atoms with Crippen molar-refractivity contribution >= 4 is 29.8 Å². The quantitative estimate of drug-likeness (QED) is 0.515. The average molecular weight is 223 g/mol. The molecule has 0 aromatic rings. The van der Waals surface area contributed by atoms with Gasteiger partial charge in [-0.15, -0.1) is 19.5 Å². The third-order valence-corrected chi connectivity index (χ3v) is 4.27. The molecule has 1 aliphatic rings. The lowest BCUT2D eigenvalue weighted by molar-refractivity contribution is 0.171. The van der Waals surface area contributed by atoms with E-state index in [-0.39, 0.29) is 12.5 Å². The van der Waals surface area contributed by atoms with E-state index in [9.17, 15) is 13.0 Å². The SMILES string of the molecule is O=P1(OCCCl)OS(=O)(=O)O1. The van der Waals surface area contributed by atoms with Gasteiger partial charge in [0.2, 0.25) is 0 Å². The minimum absolute atomic E-state index is 0.0801. The fourth-order valence-electron chi connectivity index (χ4n) is 0.419. The topological polar surface area (TPSA) is 78.9 Å². The second-order valence-electron chi connectivity index (χ2n) is 1.53. The van der Waals surface area contributed by atoms with Crippen molar-refractivity contribution in [3.63, 3.8) is 0 Å². The summed E-state index contributed by atoms with van der Waals surface area (Å²) < 4.78 is 43.0. The van der Waals surface area contributed by atoms with Crippen LogP contribution in [0.25, 0.3) is 0 Å². The van der Waals surface area contributed by atoms with E-state index in [1.165, 1.54) is 0 Å². The van der Waals surface area contributed by atoms with Crippen LogP contribution in [0, 0.1) is 0 Å². The van der Waals surface area contributed by atoms with Crippen LogP contribution in [-0.2, 0) is 27.4 Å². The molecule has 1 saturated heterocycles. The molecule has 0 atom stereocenters. The number of phosphoric acid groups is 1. The van der Waals surface area contributed by atoms with Crippen LogP contribution in [0.4, 0.5) is 0 Å². The van der Waals surface area contributed by atoms with Gasteiger partial charge >= 0.3 is 18.2 Å². The number of rotatable bonds is 3. The molecule has 66 valence electrons. The molecule has 0 amide bonds. The third kappa shape index (κ3) is 2.40. The van der Waals surface area contributed by atoms with Crippen molar-refractivity contribution in [1.29, 1.82) is 0 Å². The smallest absolute Gasteiger partial charge is 0.284 e. The zero-order valence-electron chi connectivity index (χ0n) is 5.10. The monoisotopic (exact) mass is 222 g/mol. The molecule has 0 bridgehead atoms. The van der Waals surface area contributed by atoms with Gasteiger partial charge in [0.25, 0.3) is 0 Å². The molecule has 0 spiro atoms. The first kappa shape index (κ1) is 9.44. The molecule has 0 aliphatic carbocycles. The predicted molar refractivity (Wildman–Crippen MR) is 35.4 cm³/mol. The third-order valence-electron chi connectivity index (χ3n) is 0.692. The molecule has 0 saturated carbocycles. The Hall–Kier alpha value is 0.350. The first-order valence-electron chi connectivity index (χ1n) is 2.45. The second-order valence-corrected chi connectivity index (χ2v) is 5.07. The van der Waals surface area contributed by atoms with Crippen LogP contribution in [0.2, 0.25) is 0 Å². The van der Waals surface area contributed by atoms with E-state index in [1.54, 1.807) is 0 Å². The second kappa shape index (κ2) is 3.01. The van der Waals surface area contributed by atoms with E-state index >= 15 is 0 Å². The van der Waals surface area contributed by atoms with Gasteiger partial charge in [0.1, 0.15) is 0 Å². The highest BCUT2D eigenvalue weighted by molar-refractivity contribution is 7.96. The number of alkyl halides is 1. The summed E-state index contributed by atoms with van der Waals surface area (Å²) in [5.41, 5.74) is 0. The Balaban J connectivity index is 2.44. The molecule has 0 aromatic heterocycles. The van der Waals surface area contributed by atoms with Crippen molar-refractivity contribution in [3.8, 4) is 0 Å². The lowest BCUT2D eigenvalue weighted by Gasteiger charge is -2.22. The summed E-state index contributed by atoms with van der Waals surface area (Å²) in [5, 5.41) is 0. The highest BCUT2D eigenvalue weighted by atomic mass is 35.5. The molecular weight excluding hydrogens is 219 g/mol. The Morgan fingerprint density at radius 1 is 1.45 bits per heavy atom. The van der Waals surface area contributed by atoms with Crippen molar-refractivity contribution in [1.82, 2.24) is 0 Å². The molecule has 1 aliphatic heterocycles. The van der Waals surface area contributed by atoms with Gasteiger partial charge in [0, 0.05) is 5.88 Å². The zero-order valence-corrected chi connectivity index (χ0v) is 7.56. The van der Waals surface area contributed by atoms with Crippen molar-refractivity contribution in [3.05, 3.63) is 0 Å². The summed E-state index contributed by atoms with van der Waals surface area (Å²) >= 11 is 5.15. The summed E-state index contributed by atoms with van der Waals surface area (Å²) in [7, 11) is -7.85. The molecule has 0 unspecified atom stereocenters. The first-order valence-corrected chi connectivity index (χ1v) is 5.78. The van der Waals surface area contributed by atoms with E-state index in [2.05, 4.69) is 12.5 Å². The average Bonchev–Trinajstić information content (AvgIpc) is 1.79. The van der Waals surface area contributed by atoms with Gasteiger partial charge in [0.05, 0.1) is 6.61 Å². The highest BCUT2D eigenvalue weighted by Gasteiger charge is 2.50. The van der Waals surface area contributed by atoms with Gasteiger partial charge in [-0.05, 0) is 0 Å². The summed E-state index contributed by atoms with van der Waals surface area (Å²) in [6.45, 7) is -0.0889. The largest absolute Gasteiger partial charge is 0.507 e. The van der Waals surface area contributed by atoms with E-state index in [0.29, 0.717) is 0 Å². The first-order chi connectivity index (χ1) is 4.97. The van der Waals surface area contributed by atoms with Crippen molar-refractivity contribution < 1.29 is 25.4 Å².